The second-order valence-corrected chi connectivity index (χ2v) is 7.06. The molecule has 0 amide bonds. The van der Waals surface area contributed by atoms with E-state index in [-0.39, 0.29) is 11.5 Å². The summed E-state index contributed by atoms with van der Waals surface area (Å²) >= 11 is 0. The van der Waals surface area contributed by atoms with E-state index in [0.29, 0.717) is 37.4 Å². The van der Waals surface area contributed by atoms with Crippen LogP contribution >= 0.6 is 0 Å². The molecule has 0 bridgehead atoms. The molecule has 0 aliphatic rings. The fourth-order valence-electron chi connectivity index (χ4n) is 2.29. The van der Waals surface area contributed by atoms with E-state index in [1.807, 2.05) is 6.92 Å². The minimum atomic E-state index is -3.59. The first-order valence-electron chi connectivity index (χ1n) is 7.05. The van der Waals surface area contributed by atoms with Gasteiger partial charge in [-0.05, 0) is 27.2 Å². The smallest absolute Gasteiger partial charge is 0.247 e. The molecule has 0 fully saturated rings. The van der Waals surface area contributed by atoms with E-state index in [4.69, 9.17) is 5.11 Å². The Bertz CT molecular complexity index is 605. The van der Waals surface area contributed by atoms with Gasteiger partial charge in [0.2, 0.25) is 10.0 Å². The van der Waals surface area contributed by atoms with Crippen molar-refractivity contribution in [1.29, 1.82) is 0 Å². The minimum Gasteiger partial charge on any atom is -0.396 e. The molecule has 0 atom stereocenters. The van der Waals surface area contributed by atoms with Gasteiger partial charge in [-0.3, -0.25) is 4.68 Å². The Morgan fingerprint density at radius 2 is 2.05 bits per heavy atom. The van der Waals surface area contributed by atoms with Crippen LogP contribution in [0.2, 0.25) is 0 Å². The van der Waals surface area contributed by atoms with Gasteiger partial charge in [0.15, 0.2) is 0 Å². The van der Waals surface area contributed by atoms with E-state index in [2.05, 4.69) is 11.7 Å². The first kappa shape index (κ1) is 17.9. The molecule has 0 radical (unpaired) electrons. The molecular formula is C14H25N3O3S. The van der Waals surface area contributed by atoms with E-state index in [9.17, 15) is 8.42 Å². The molecule has 1 aromatic rings. The third kappa shape index (κ3) is 3.93. The van der Waals surface area contributed by atoms with E-state index in [0.717, 1.165) is 5.57 Å². The van der Waals surface area contributed by atoms with Crippen molar-refractivity contribution in [1.82, 2.24) is 14.1 Å². The maximum Gasteiger partial charge on any atom is 0.247 e. The molecule has 0 saturated heterocycles. The summed E-state index contributed by atoms with van der Waals surface area (Å²) in [6, 6.07) is 0. The molecule has 120 valence electrons. The molecule has 1 N–H and O–H groups in total. The quantitative estimate of drug-likeness (QED) is 0.737. The highest BCUT2D eigenvalue weighted by molar-refractivity contribution is 7.89. The number of likely N-dealkylation sites (N-methyl/N-ethyl adjacent to an activating group) is 1. The van der Waals surface area contributed by atoms with Crippen molar-refractivity contribution in [2.24, 2.45) is 0 Å². The van der Waals surface area contributed by atoms with Crippen LogP contribution in [0.1, 0.15) is 31.7 Å². The number of sulfonamides is 1. The minimum absolute atomic E-state index is 0.0528. The van der Waals surface area contributed by atoms with Crippen molar-refractivity contribution in [3.63, 3.8) is 0 Å². The Balaban J connectivity index is 3.24. The molecule has 0 saturated carbocycles. The Labute approximate surface area is 127 Å². The third-order valence-corrected chi connectivity index (χ3v) is 5.41. The van der Waals surface area contributed by atoms with Crippen LogP contribution < -0.4 is 0 Å². The Morgan fingerprint density at radius 1 is 1.43 bits per heavy atom. The topological polar surface area (TPSA) is 75.4 Å². The first-order chi connectivity index (χ1) is 9.75. The highest BCUT2D eigenvalue weighted by Crippen LogP contribution is 2.24. The van der Waals surface area contributed by atoms with Gasteiger partial charge >= 0.3 is 0 Å². The number of nitrogens with zero attached hydrogens (tertiary/aromatic N) is 3. The van der Waals surface area contributed by atoms with Gasteiger partial charge in [0, 0.05) is 26.2 Å². The van der Waals surface area contributed by atoms with E-state index >= 15 is 0 Å². The number of aliphatic hydroxyl groups excluding tert-OH is 1. The summed E-state index contributed by atoms with van der Waals surface area (Å²) < 4.78 is 28.7. The molecular weight excluding hydrogens is 290 g/mol. The van der Waals surface area contributed by atoms with Crippen molar-refractivity contribution >= 4 is 10.0 Å². The number of hydrogen-bond donors (Lipinski definition) is 1. The van der Waals surface area contributed by atoms with Crippen molar-refractivity contribution in [3.05, 3.63) is 23.5 Å². The Hall–Kier alpha value is -1.18. The lowest BCUT2D eigenvalue weighted by atomic mass is 10.3. The zero-order valence-corrected chi connectivity index (χ0v) is 14.1. The fraction of sp³-hybridized carbons (Fsp3) is 0.643. The lowest BCUT2D eigenvalue weighted by molar-refractivity contribution is 0.276. The zero-order valence-electron chi connectivity index (χ0n) is 13.3. The Morgan fingerprint density at radius 3 is 2.52 bits per heavy atom. The summed E-state index contributed by atoms with van der Waals surface area (Å²) in [6.07, 6.45) is 0.546. The van der Waals surface area contributed by atoms with Gasteiger partial charge in [0.25, 0.3) is 0 Å². The van der Waals surface area contributed by atoms with E-state index in [1.54, 1.807) is 25.5 Å². The Kier molecular flexibility index (Phi) is 6.12. The number of aromatic nitrogens is 2. The maximum atomic E-state index is 12.8. The fourth-order valence-corrected chi connectivity index (χ4v) is 4.17. The molecule has 1 heterocycles. The summed E-state index contributed by atoms with van der Waals surface area (Å²) in [5.41, 5.74) is 1.90. The number of hydrogen-bond acceptors (Lipinski definition) is 4. The predicted molar refractivity (Wildman–Crippen MR) is 82.7 cm³/mol. The third-order valence-electron chi connectivity index (χ3n) is 3.24. The molecule has 1 rings (SSSR count). The number of aryl methyl sites for hydroxylation is 2. The molecule has 0 aromatic carbocycles. The van der Waals surface area contributed by atoms with Crippen molar-refractivity contribution in [2.75, 3.05) is 19.7 Å². The van der Waals surface area contributed by atoms with Crippen LogP contribution in [-0.4, -0.2) is 47.3 Å². The van der Waals surface area contributed by atoms with E-state index in [1.165, 1.54) is 4.31 Å². The van der Waals surface area contributed by atoms with Crippen LogP contribution in [0.4, 0.5) is 0 Å². The normalized spacial score (nSPS) is 12.1. The van der Waals surface area contributed by atoms with Gasteiger partial charge in [-0.2, -0.15) is 9.40 Å². The monoisotopic (exact) mass is 315 g/mol. The number of aliphatic hydroxyl groups is 1. The van der Waals surface area contributed by atoms with Gasteiger partial charge in [0.05, 0.1) is 11.4 Å². The molecule has 1 aromatic heterocycles. The lowest BCUT2D eigenvalue weighted by Gasteiger charge is -2.20. The predicted octanol–water partition coefficient (Wildman–Crippen LogP) is 1.47. The van der Waals surface area contributed by atoms with Crippen LogP contribution in [0.25, 0.3) is 0 Å². The zero-order chi connectivity index (χ0) is 16.2. The van der Waals surface area contributed by atoms with Gasteiger partial charge in [-0.15, -0.1) is 0 Å². The van der Waals surface area contributed by atoms with Gasteiger partial charge < -0.3 is 5.11 Å². The average Bonchev–Trinajstić information content (AvgIpc) is 2.68. The number of rotatable bonds is 8. The van der Waals surface area contributed by atoms with Gasteiger partial charge in [-0.1, -0.05) is 19.1 Å². The molecule has 6 nitrogen and oxygen atoms in total. The lowest BCUT2D eigenvalue weighted by Crippen LogP contribution is -2.33. The van der Waals surface area contributed by atoms with Crippen LogP contribution in [-0.2, 0) is 16.6 Å². The standard InChI is InChI=1S/C14H25N3O3S/c1-6-16(10-11(2)3)21(19,20)14-12(4)15-17(13(14)5)8-7-9-18/h18H,2,6-10H2,1,3-5H3. The summed E-state index contributed by atoms with van der Waals surface area (Å²) in [6.45, 7) is 12.1. The maximum absolute atomic E-state index is 12.8. The summed E-state index contributed by atoms with van der Waals surface area (Å²) in [7, 11) is -3.59. The molecule has 0 aliphatic heterocycles. The van der Waals surface area contributed by atoms with Crippen LogP contribution in [0, 0.1) is 13.8 Å². The van der Waals surface area contributed by atoms with Crippen molar-refractivity contribution < 1.29 is 13.5 Å². The average molecular weight is 315 g/mol. The highest BCUT2D eigenvalue weighted by Gasteiger charge is 2.29. The molecule has 21 heavy (non-hydrogen) atoms. The second kappa shape index (κ2) is 7.20. The van der Waals surface area contributed by atoms with Crippen LogP contribution in [0.15, 0.2) is 17.0 Å². The molecule has 0 unspecified atom stereocenters. The van der Waals surface area contributed by atoms with Gasteiger partial charge in [0.1, 0.15) is 4.90 Å². The van der Waals surface area contributed by atoms with Gasteiger partial charge in [-0.25, -0.2) is 8.42 Å². The summed E-state index contributed by atoms with van der Waals surface area (Å²) in [4.78, 5) is 0.267. The largest absolute Gasteiger partial charge is 0.396 e. The SMILES string of the molecule is C=C(C)CN(CC)S(=O)(=O)c1c(C)nn(CCCO)c1C. The molecule has 0 spiro atoms. The van der Waals surface area contributed by atoms with Crippen molar-refractivity contribution in [2.45, 2.75) is 45.6 Å². The molecule has 0 aliphatic carbocycles. The second-order valence-electron chi connectivity index (χ2n) is 5.19. The molecule has 7 heteroatoms. The first-order valence-corrected chi connectivity index (χ1v) is 8.49. The van der Waals surface area contributed by atoms with E-state index < -0.39 is 10.0 Å². The summed E-state index contributed by atoms with van der Waals surface area (Å²) in [5.74, 6) is 0. The van der Waals surface area contributed by atoms with Crippen LogP contribution in [0.5, 0.6) is 0 Å². The highest BCUT2D eigenvalue weighted by atomic mass is 32.2. The van der Waals surface area contributed by atoms with Crippen molar-refractivity contribution in [3.8, 4) is 0 Å². The summed E-state index contributed by atoms with van der Waals surface area (Å²) in [5, 5.41) is 13.2. The van der Waals surface area contributed by atoms with Crippen LogP contribution in [0.3, 0.4) is 0 Å².